The average Bonchev–Trinajstić information content (AvgIpc) is 2.86. The smallest absolute Gasteiger partial charge is 0.243 e. The molecule has 178 valence electrons. The normalized spacial score (nSPS) is 11.6. The fourth-order valence-corrected chi connectivity index (χ4v) is 4.81. The maximum absolute atomic E-state index is 13.5. The molecular formula is C28H31ClN2O2S. The molecule has 0 radical (unpaired) electrons. The van der Waals surface area contributed by atoms with Crippen LogP contribution in [-0.2, 0) is 28.3 Å². The second-order valence-corrected chi connectivity index (χ2v) is 9.51. The Morgan fingerprint density at radius 2 is 1.53 bits per heavy atom. The number of halogens is 1. The third kappa shape index (κ3) is 7.93. The molecule has 0 aliphatic rings. The van der Waals surface area contributed by atoms with Crippen LogP contribution < -0.4 is 5.32 Å². The third-order valence-electron chi connectivity index (χ3n) is 5.49. The van der Waals surface area contributed by atoms with Crippen molar-refractivity contribution in [2.24, 2.45) is 0 Å². The van der Waals surface area contributed by atoms with E-state index in [1.807, 2.05) is 79.7 Å². The molecule has 0 fully saturated rings. The summed E-state index contributed by atoms with van der Waals surface area (Å²) < 4.78 is 0. The fourth-order valence-electron chi connectivity index (χ4n) is 3.72. The summed E-state index contributed by atoms with van der Waals surface area (Å²) in [7, 11) is 0. The zero-order valence-electron chi connectivity index (χ0n) is 19.5. The van der Waals surface area contributed by atoms with Crippen LogP contribution >= 0.6 is 23.4 Å². The fraction of sp³-hybridized carbons (Fsp3) is 0.286. The first-order chi connectivity index (χ1) is 16.6. The van der Waals surface area contributed by atoms with Gasteiger partial charge in [0.1, 0.15) is 6.04 Å². The van der Waals surface area contributed by atoms with E-state index in [4.69, 9.17) is 11.6 Å². The van der Waals surface area contributed by atoms with Gasteiger partial charge in [0.25, 0.3) is 0 Å². The highest BCUT2D eigenvalue weighted by atomic mass is 35.5. The molecule has 1 N–H and O–H groups in total. The molecule has 0 saturated carbocycles. The number of likely N-dealkylation sites (N-methyl/N-ethyl adjacent to an activating group) is 1. The molecule has 0 bridgehead atoms. The van der Waals surface area contributed by atoms with Crippen molar-refractivity contribution in [3.8, 4) is 0 Å². The van der Waals surface area contributed by atoms with E-state index in [1.165, 1.54) is 5.56 Å². The van der Waals surface area contributed by atoms with Crippen LogP contribution in [0.15, 0.2) is 84.9 Å². The van der Waals surface area contributed by atoms with Gasteiger partial charge in [-0.05, 0) is 29.7 Å². The Balaban J connectivity index is 1.78. The minimum atomic E-state index is -0.620. The van der Waals surface area contributed by atoms with Gasteiger partial charge in [0.2, 0.25) is 11.8 Å². The number of carbonyl (C=O) groups excluding carboxylic acids is 2. The highest BCUT2D eigenvalue weighted by Crippen LogP contribution is 2.22. The quantitative estimate of drug-likeness (QED) is 0.327. The zero-order valence-corrected chi connectivity index (χ0v) is 21.0. The second kappa shape index (κ2) is 13.8. The molecule has 0 aromatic heterocycles. The van der Waals surface area contributed by atoms with Gasteiger partial charge in [0.15, 0.2) is 0 Å². The lowest BCUT2D eigenvalue weighted by Crippen LogP contribution is -2.50. The molecule has 3 aromatic rings. The van der Waals surface area contributed by atoms with Crippen LogP contribution in [-0.4, -0.2) is 35.1 Å². The van der Waals surface area contributed by atoms with E-state index in [9.17, 15) is 9.59 Å². The Kier molecular flexibility index (Phi) is 10.5. The number of carbonyl (C=O) groups is 2. The summed E-state index contributed by atoms with van der Waals surface area (Å²) in [5.41, 5.74) is 3.07. The molecule has 0 heterocycles. The largest absolute Gasteiger partial charge is 0.355 e. The Hall–Kier alpha value is -2.76. The van der Waals surface area contributed by atoms with Crippen molar-refractivity contribution in [3.05, 3.63) is 107 Å². The predicted molar refractivity (Wildman–Crippen MR) is 142 cm³/mol. The molecule has 34 heavy (non-hydrogen) atoms. The maximum atomic E-state index is 13.5. The molecule has 0 saturated heterocycles. The van der Waals surface area contributed by atoms with E-state index >= 15 is 0 Å². The van der Waals surface area contributed by atoms with E-state index in [1.54, 1.807) is 16.7 Å². The number of thioether (sulfide) groups is 1. The lowest BCUT2D eigenvalue weighted by Gasteiger charge is -2.31. The van der Waals surface area contributed by atoms with Crippen LogP contribution in [0.2, 0.25) is 5.02 Å². The number of hydrogen-bond acceptors (Lipinski definition) is 3. The summed E-state index contributed by atoms with van der Waals surface area (Å²) in [6.45, 7) is 2.68. The summed E-state index contributed by atoms with van der Waals surface area (Å²) in [5, 5.41) is 3.51. The molecule has 0 aliphatic heterocycles. The van der Waals surface area contributed by atoms with Crippen molar-refractivity contribution in [1.29, 1.82) is 0 Å². The minimum absolute atomic E-state index is 0.0485. The van der Waals surface area contributed by atoms with Crippen LogP contribution in [0.25, 0.3) is 0 Å². The van der Waals surface area contributed by atoms with Gasteiger partial charge in [-0.15, -0.1) is 0 Å². The Morgan fingerprint density at radius 1 is 0.912 bits per heavy atom. The lowest BCUT2D eigenvalue weighted by atomic mass is 10.0. The first kappa shape index (κ1) is 25.9. The van der Waals surface area contributed by atoms with Crippen molar-refractivity contribution in [2.75, 3.05) is 12.3 Å². The molecule has 0 spiro atoms. The number of rotatable bonds is 12. The van der Waals surface area contributed by atoms with Crippen LogP contribution in [0.5, 0.6) is 0 Å². The van der Waals surface area contributed by atoms with Crippen LogP contribution in [0.4, 0.5) is 0 Å². The maximum Gasteiger partial charge on any atom is 0.243 e. The third-order valence-corrected chi connectivity index (χ3v) is 6.89. The Labute approximate surface area is 211 Å². The standard InChI is InChI=1S/C28H31ClN2O2S/c1-2-30-28(33)26(19-22-11-5-3-6-12-22)31(20-24-15-9-10-16-25(24)29)27(32)17-18-34-21-23-13-7-4-8-14-23/h3-16,26H,2,17-21H2,1H3,(H,30,33)/t26-/m0/s1. The van der Waals surface area contributed by atoms with Gasteiger partial charge in [-0.25, -0.2) is 0 Å². The van der Waals surface area contributed by atoms with Gasteiger partial charge in [-0.2, -0.15) is 11.8 Å². The first-order valence-corrected chi connectivity index (χ1v) is 13.1. The SMILES string of the molecule is CCNC(=O)[C@H](Cc1ccccc1)N(Cc1ccccc1Cl)C(=O)CCSCc1ccccc1. The van der Waals surface area contributed by atoms with E-state index in [-0.39, 0.29) is 18.4 Å². The summed E-state index contributed by atoms with van der Waals surface area (Å²) >= 11 is 8.15. The van der Waals surface area contributed by atoms with Gasteiger partial charge in [0.05, 0.1) is 0 Å². The van der Waals surface area contributed by atoms with Crippen molar-refractivity contribution >= 4 is 35.2 Å². The first-order valence-electron chi connectivity index (χ1n) is 11.5. The molecule has 3 rings (SSSR count). The molecule has 6 heteroatoms. The van der Waals surface area contributed by atoms with E-state index in [2.05, 4.69) is 17.4 Å². The number of hydrogen-bond donors (Lipinski definition) is 1. The summed E-state index contributed by atoms with van der Waals surface area (Å²) in [6, 6.07) is 26.9. The molecule has 4 nitrogen and oxygen atoms in total. The molecule has 2 amide bonds. The van der Waals surface area contributed by atoms with Crippen LogP contribution in [0, 0.1) is 0 Å². The average molecular weight is 495 g/mol. The minimum Gasteiger partial charge on any atom is -0.355 e. The van der Waals surface area contributed by atoms with Crippen molar-refractivity contribution in [2.45, 2.75) is 38.1 Å². The number of nitrogens with one attached hydrogen (secondary N) is 1. The van der Waals surface area contributed by atoms with Gasteiger partial charge >= 0.3 is 0 Å². The Bertz CT molecular complexity index is 1050. The summed E-state index contributed by atoms with van der Waals surface area (Å²) in [6.07, 6.45) is 0.798. The van der Waals surface area contributed by atoms with Gasteiger partial charge in [0, 0.05) is 42.5 Å². The molecular weight excluding hydrogens is 464 g/mol. The summed E-state index contributed by atoms with van der Waals surface area (Å²) in [4.78, 5) is 28.3. The molecule has 0 unspecified atom stereocenters. The molecule has 1 atom stereocenters. The number of benzene rings is 3. The topological polar surface area (TPSA) is 49.4 Å². The van der Waals surface area contributed by atoms with Gasteiger partial charge in [-0.3, -0.25) is 9.59 Å². The predicted octanol–water partition coefficient (Wildman–Crippen LogP) is 5.74. The van der Waals surface area contributed by atoms with E-state index < -0.39 is 6.04 Å². The van der Waals surface area contributed by atoms with Gasteiger partial charge < -0.3 is 10.2 Å². The monoisotopic (exact) mass is 494 g/mol. The van der Waals surface area contributed by atoms with E-state index in [0.29, 0.717) is 30.2 Å². The van der Waals surface area contributed by atoms with Crippen molar-refractivity contribution in [3.63, 3.8) is 0 Å². The second-order valence-electron chi connectivity index (χ2n) is 8.00. The highest BCUT2D eigenvalue weighted by Gasteiger charge is 2.30. The number of nitrogens with zero attached hydrogens (tertiary/aromatic N) is 1. The zero-order chi connectivity index (χ0) is 24.2. The molecule has 0 aliphatic carbocycles. The van der Waals surface area contributed by atoms with Gasteiger partial charge in [-0.1, -0.05) is 90.5 Å². The van der Waals surface area contributed by atoms with Crippen LogP contribution in [0.1, 0.15) is 30.0 Å². The Morgan fingerprint density at radius 3 is 2.18 bits per heavy atom. The molecule has 3 aromatic carbocycles. The lowest BCUT2D eigenvalue weighted by molar-refractivity contribution is -0.140. The van der Waals surface area contributed by atoms with E-state index in [0.717, 1.165) is 16.9 Å². The van der Waals surface area contributed by atoms with Crippen molar-refractivity contribution < 1.29 is 9.59 Å². The highest BCUT2D eigenvalue weighted by molar-refractivity contribution is 7.98. The van der Waals surface area contributed by atoms with Crippen molar-refractivity contribution in [1.82, 2.24) is 10.2 Å². The van der Waals surface area contributed by atoms with Crippen LogP contribution in [0.3, 0.4) is 0 Å². The summed E-state index contributed by atoms with van der Waals surface area (Å²) in [5.74, 6) is 1.33. The number of amides is 2.